The lowest BCUT2D eigenvalue weighted by molar-refractivity contribution is -0.121. The number of carbonyl (C=O) groups is 1. The number of carbonyl (C=O) groups excluding carboxylic acids is 1. The molecule has 1 aliphatic heterocycles. The largest absolute Gasteiger partial charge is 0.326 e. The van der Waals surface area contributed by atoms with Crippen molar-refractivity contribution in [2.24, 2.45) is 5.73 Å². The highest BCUT2D eigenvalue weighted by Gasteiger charge is 2.20. The molecule has 92 valence electrons. The van der Waals surface area contributed by atoms with Crippen LogP contribution in [0.25, 0.3) is 0 Å². The first-order valence-corrected chi connectivity index (χ1v) is 5.68. The van der Waals surface area contributed by atoms with E-state index in [1.165, 1.54) is 0 Å². The molecule has 1 atom stereocenters. The molecule has 4 N–H and O–H groups in total. The summed E-state index contributed by atoms with van der Waals surface area (Å²) >= 11 is 0. The van der Waals surface area contributed by atoms with Crippen LogP contribution in [-0.2, 0) is 4.79 Å². The third kappa shape index (κ3) is 3.69. The third-order valence-corrected chi connectivity index (χ3v) is 2.67. The van der Waals surface area contributed by atoms with E-state index in [2.05, 4.69) is 15.8 Å². The van der Waals surface area contributed by atoms with Crippen molar-refractivity contribution in [3.8, 4) is 0 Å². The van der Waals surface area contributed by atoms with Crippen LogP contribution in [0.5, 0.6) is 0 Å². The molecule has 1 aliphatic rings. The number of nitrogens with two attached hydrogens (primary N) is 1. The number of rotatable bonds is 4. The van der Waals surface area contributed by atoms with Gasteiger partial charge in [0.25, 0.3) is 5.91 Å². The van der Waals surface area contributed by atoms with E-state index in [-0.39, 0.29) is 11.9 Å². The molecule has 1 saturated heterocycles. The van der Waals surface area contributed by atoms with E-state index < -0.39 is 0 Å². The Balaban J connectivity index is 1.71. The highest BCUT2D eigenvalue weighted by Crippen LogP contribution is 2.05. The minimum Gasteiger partial charge on any atom is -0.326 e. The molecule has 1 aromatic rings. The minimum atomic E-state index is -0.0789. The molecule has 1 fully saturated rings. The Kier molecular flexibility index (Phi) is 3.89. The van der Waals surface area contributed by atoms with Gasteiger partial charge < -0.3 is 5.73 Å². The van der Waals surface area contributed by atoms with E-state index in [1.54, 1.807) is 12.3 Å². The summed E-state index contributed by atoms with van der Waals surface area (Å²) in [6.07, 6.45) is 2.62. The van der Waals surface area contributed by atoms with Crippen LogP contribution in [0.3, 0.4) is 0 Å². The number of nitrogens with zero attached hydrogens (tertiary/aromatic N) is 2. The quantitative estimate of drug-likeness (QED) is 0.616. The average Bonchev–Trinajstić information content (AvgIpc) is 2.73. The molecular weight excluding hydrogens is 218 g/mol. The Morgan fingerprint density at radius 3 is 3.12 bits per heavy atom. The predicted molar refractivity (Wildman–Crippen MR) is 65.0 cm³/mol. The topological polar surface area (TPSA) is 83.3 Å². The fourth-order valence-electron chi connectivity index (χ4n) is 1.82. The van der Waals surface area contributed by atoms with Gasteiger partial charge in [-0.3, -0.25) is 20.5 Å². The van der Waals surface area contributed by atoms with Gasteiger partial charge in [-0.2, -0.15) is 0 Å². The number of nitrogens with one attached hydrogen (secondary N) is 2. The zero-order chi connectivity index (χ0) is 12.1. The highest BCUT2D eigenvalue weighted by atomic mass is 16.2. The van der Waals surface area contributed by atoms with E-state index in [9.17, 15) is 4.79 Å². The Bertz CT molecular complexity index is 369. The standard InChI is InChI=1S/C11H17N5O/c12-9-4-6-16(7-9)8-11(17)15-14-10-3-1-2-5-13-10/h1-3,5,9H,4,6-8,12H2,(H,13,14)(H,15,17). The van der Waals surface area contributed by atoms with Crippen LogP contribution in [0.15, 0.2) is 24.4 Å². The van der Waals surface area contributed by atoms with Gasteiger partial charge in [-0.25, -0.2) is 4.98 Å². The van der Waals surface area contributed by atoms with Gasteiger partial charge in [-0.15, -0.1) is 0 Å². The van der Waals surface area contributed by atoms with E-state index in [0.717, 1.165) is 19.5 Å². The highest BCUT2D eigenvalue weighted by molar-refractivity contribution is 5.79. The Hall–Kier alpha value is -1.66. The number of anilines is 1. The first-order chi connectivity index (χ1) is 8.24. The van der Waals surface area contributed by atoms with Crippen LogP contribution in [0, 0.1) is 0 Å². The number of pyridine rings is 1. The summed E-state index contributed by atoms with van der Waals surface area (Å²) in [4.78, 5) is 17.7. The van der Waals surface area contributed by atoms with Crippen molar-refractivity contribution in [2.45, 2.75) is 12.5 Å². The predicted octanol–water partition coefficient (Wildman–Crippen LogP) is -0.442. The number of hydrogen-bond donors (Lipinski definition) is 3. The molecule has 0 saturated carbocycles. The Morgan fingerprint density at radius 2 is 2.47 bits per heavy atom. The Labute approximate surface area is 100 Å². The second-order valence-corrected chi connectivity index (χ2v) is 4.17. The number of hydrazine groups is 1. The van der Waals surface area contributed by atoms with Gasteiger partial charge in [0.05, 0.1) is 6.54 Å². The average molecular weight is 235 g/mol. The zero-order valence-corrected chi connectivity index (χ0v) is 9.60. The number of hydrogen-bond acceptors (Lipinski definition) is 5. The number of aromatic nitrogens is 1. The third-order valence-electron chi connectivity index (χ3n) is 2.67. The molecule has 0 radical (unpaired) electrons. The van der Waals surface area contributed by atoms with Crippen LogP contribution < -0.4 is 16.6 Å². The molecular formula is C11H17N5O. The van der Waals surface area contributed by atoms with Gasteiger partial charge >= 0.3 is 0 Å². The maximum Gasteiger partial charge on any atom is 0.252 e. The molecule has 6 nitrogen and oxygen atoms in total. The summed E-state index contributed by atoms with van der Waals surface area (Å²) in [5, 5.41) is 0. The second-order valence-electron chi connectivity index (χ2n) is 4.17. The van der Waals surface area contributed by atoms with Gasteiger partial charge in [0.2, 0.25) is 0 Å². The summed E-state index contributed by atoms with van der Waals surface area (Å²) in [6.45, 7) is 2.04. The summed E-state index contributed by atoms with van der Waals surface area (Å²) in [7, 11) is 0. The molecule has 1 unspecified atom stereocenters. The normalized spacial score (nSPS) is 20.2. The summed E-state index contributed by atoms with van der Waals surface area (Å²) in [5.74, 6) is 0.545. The molecule has 2 heterocycles. The SMILES string of the molecule is NC1CCN(CC(=O)NNc2ccccn2)C1. The van der Waals surface area contributed by atoms with Gasteiger partial charge in [0, 0.05) is 25.3 Å². The maximum absolute atomic E-state index is 11.6. The van der Waals surface area contributed by atoms with Gasteiger partial charge in [0.1, 0.15) is 5.82 Å². The molecule has 0 aliphatic carbocycles. The maximum atomic E-state index is 11.6. The first kappa shape index (κ1) is 11.8. The lowest BCUT2D eigenvalue weighted by atomic mass is 10.3. The van der Waals surface area contributed by atoms with E-state index in [1.807, 2.05) is 17.0 Å². The molecule has 1 aromatic heterocycles. The van der Waals surface area contributed by atoms with Crippen molar-refractivity contribution in [3.05, 3.63) is 24.4 Å². The van der Waals surface area contributed by atoms with Crippen LogP contribution in [0.4, 0.5) is 5.82 Å². The summed E-state index contributed by atoms with van der Waals surface area (Å²) < 4.78 is 0. The van der Waals surface area contributed by atoms with Crippen LogP contribution in [0.2, 0.25) is 0 Å². The first-order valence-electron chi connectivity index (χ1n) is 5.68. The van der Waals surface area contributed by atoms with E-state index in [0.29, 0.717) is 12.4 Å². The lowest BCUT2D eigenvalue weighted by Gasteiger charge is -2.15. The lowest BCUT2D eigenvalue weighted by Crippen LogP contribution is -2.39. The number of amides is 1. The van der Waals surface area contributed by atoms with Crippen molar-refractivity contribution in [3.63, 3.8) is 0 Å². The number of likely N-dealkylation sites (tertiary alicyclic amines) is 1. The zero-order valence-electron chi connectivity index (χ0n) is 9.60. The van der Waals surface area contributed by atoms with Crippen LogP contribution in [-0.4, -0.2) is 41.5 Å². The molecule has 0 bridgehead atoms. The van der Waals surface area contributed by atoms with Crippen molar-refractivity contribution >= 4 is 11.7 Å². The van der Waals surface area contributed by atoms with E-state index in [4.69, 9.17) is 5.73 Å². The second kappa shape index (κ2) is 5.60. The molecule has 6 heteroatoms. The smallest absolute Gasteiger partial charge is 0.252 e. The van der Waals surface area contributed by atoms with E-state index >= 15 is 0 Å². The minimum absolute atomic E-state index is 0.0789. The molecule has 2 rings (SSSR count). The fourth-order valence-corrected chi connectivity index (χ4v) is 1.82. The molecule has 0 aromatic carbocycles. The van der Waals surface area contributed by atoms with Crippen molar-refractivity contribution in [1.82, 2.24) is 15.3 Å². The van der Waals surface area contributed by atoms with Gasteiger partial charge in [-0.05, 0) is 18.6 Å². The monoisotopic (exact) mass is 235 g/mol. The molecule has 0 spiro atoms. The summed E-state index contributed by atoms with van der Waals surface area (Å²) in [5.41, 5.74) is 11.1. The molecule has 17 heavy (non-hydrogen) atoms. The van der Waals surface area contributed by atoms with Crippen molar-refractivity contribution < 1.29 is 4.79 Å². The Morgan fingerprint density at radius 1 is 1.59 bits per heavy atom. The van der Waals surface area contributed by atoms with Crippen LogP contribution >= 0.6 is 0 Å². The van der Waals surface area contributed by atoms with Crippen LogP contribution in [0.1, 0.15) is 6.42 Å². The van der Waals surface area contributed by atoms with Gasteiger partial charge in [-0.1, -0.05) is 6.07 Å². The van der Waals surface area contributed by atoms with Crippen molar-refractivity contribution in [2.75, 3.05) is 25.1 Å². The van der Waals surface area contributed by atoms with Gasteiger partial charge in [0.15, 0.2) is 0 Å². The molecule has 1 amide bonds. The van der Waals surface area contributed by atoms with Crippen molar-refractivity contribution in [1.29, 1.82) is 0 Å². The fraction of sp³-hybridized carbons (Fsp3) is 0.455. The summed E-state index contributed by atoms with van der Waals surface area (Å²) in [6, 6.07) is 5.65.